The molecule has 0 radical (unpaired) electrons. The van der Waals surface area contributed by atoms with Crippen LogP contribution in [0.25, 0.3) is 0 Å². The smallest absolute Gasteiger partial charge is 1.00 e. The van der Waals surface area contributed by atoms with E-state index in [0.717, 1.165) is 13.2 Å². The van der Waals surface area contributed by atoms with Crippen molar-refractivity contribution in [2.24, 2.45) is 11.8 Å². The molecule has 2 nitrogen and oxygen atoms in total. The maximum atomic E-state index is 5.42. The van der Waals surface area contributed by atoms with Crippen LogP contribution in [0.5, 0.6) is 0 Å². The van der Waals surface area contributed by atoms with Crippen molar-refractivity contribution in [2.75, 3.05) is 13.2 Å². The number of hydrogen-bond acceptors (Lipinski definition) is 2. The fraction of sp³-hybridized carbons (Fsp3) is 1.00. The van der Waals surface area contributed by atoms with Gasteiger partial charge in [0, 0.05) is 0 Å². The third-order valence-corrected chi connectivity index (χ3v) is 3.00. The van der Waals surface area contributed by atoms with Gasteiger partial charge in [-0.1, -0.05) is 0 Å². The molecule has 0 bridgehead atoms. The third-order valence-electron chi connectivity index (χ3n) is 0.951. The molecular formula is C8H18Cl2HfO2. The molecule has 13 heavy (non-hydrogen) atoms. The Labute approximate surface area is 107 Å². The number of halogens is 2. The molecule has 0 spiro atoms. The maximum absolute atomic E-state index is 5.42. The molecule has 0 aliphatic heterocycles. The predicted molar refractivity (Wildman–Crippen MR) is 41.6 cm³/mol. The summed E-state index contributed by atoms with van der Waals surface area (Å²) in [7, 11) is 0. The summed E-state index contributed by atoms with van der Waals surface area (Å²) in [5, 5.41) is 0. The molecule has 0 aromatic carbocycles. The minimum atomic E-state index is -1.12. The second-order valence-corrected chi connectivity index (χ2v) is 6.17. The summed E-state index contributed by atoms with van der Waals surface area (Å²) in [4.78, 5) is 0. The average molecular weight is 396 g/mol. The summed E-state index contributed by atoms with van der Waals surface area (Å²) < 4.78 is 10.8. The quantitative estimate of drug-likeness (QED) is 0.340. The van der Waals surface area contributed by atoms with Gasteiger partial charge in [-0.25, -0.2) is 0 Å². The molecule has 0 unspecified atom stereocenters. The van der Waals surface area contributed by atoms with Crippen LogP contribution in [0.2, 0.25) is 0 Å². The molecular weight excluding hydrogens is 377 g/mol. The molecule has 80 valence electrons. The first-order valence-electron chi connectivity index (χ1n) is 4.11. The zero-order chi connectivity index (χ0) is 8.69. The third kappa shape index (κ3) is 19.7. The van der Waals surface area contributed by atoms with Crippen molar-refractivity contribution in [3.05, 3.63) is 0 Å². The Bertz CT molecular complexity index is 82.2. The van der Waals surface area contributed by atoms with Gasteiger partial charge in [-0.3, -0.25) is 0 Å². The normalized spacial score (nSPS) is 9.08. The van der Waals surface area contributed by atoms with Crippen LogP contribution in [0.3, 0.4) is 0 Å². The van der Waals surface area contributed by atoms with E-state index in [1.807, 2.05) is 0 Å². The summed E-state index contributed by atoms with van der Waals surface area (Å²) in [5.41, 5.74) is 0. The predicted octanol–water partition coefficient (Wildman–Crippen LogP) is -3.75. The fourth-order valence-electron chi connectivity index (χ4n) is 0.443. The topological polar surface area (TPSA) is 18.5 Å². The van der Waals surface area contributed by atoms with E-state index >= 15 is 0 Å². The zero-order valence-electron chi connectivity index (χ0n) is 8.64. The van der Waals surface area contributed by atoms with Gasteiger partial charge in [0.2, 0.25) is 0 Å². The van der Waals surface area contributed by atoms with E-state index in [0.29, 0.717) is 11.8 Å². The van der Waals surface area contributed by atoms with Crippen LogP contribution in [0.4, 0.5) is 0 Å². The van der Waals surface area contributed by atoms with E-state index in [9.17, 15) is 0 Å². The van der Waals surface area contributed by atoms with E-state index in [4.69, 9.17) is 5.71 Å². The molecule has 0 aromatic rings. The Morgan fingerprint density at radius 2 is 1.15 bits per heavy atom. The largest absolute Gasteiger partial charge is 1.00 e. The monoisotopic (exact) mass is 396 g/mol. The molecule has 5 heteroatoms. The summed E-state index contributed by atoms with van der Waals surface area (Å²) in [6, 6.07) is 0. The molecule has 0 atom stereocenters. The molecule has 0 fully saturated rings. The van der Waals surface area contributed by atoms with Gasteiger partial charge in [0.1, 0.15) is 0 Å². The first kappa shape index (κ1) is 19.9. The van der Waals surface area contributed by atoms with Crippen molar-refractivity contribution in [3.63, 3.8) is 0 Å². The first-order valence-corrected chi connectivity index (χ1v) is 7.04. The molecule has 0 N–H and O–H groups in total. The second-order valence-electron chi connectivity index (χ2n) is 3.49. The van der Waals surface area contributed by atoms with Gasteiger partial charge in [-0.05, 0) is 0 Å². The van der Waals surface area contributed by atoms with E-state index in [1.165, 1.54) is 0 Å². The van der Waals surface area contributed by atoms with Gasteiger partial charge < -0.3 is 24.8 Å². The van der Waals surface area contributed by atoms with Crippen molar-refractivity contribution in [2.45, 2.75) is 27.7 Å². The standard InChI is InChI=1S/2C4H9O.2ClH.Hf/c2*1-4(2)3-5;;;/h2*4H,3H2,1-2H3;2*1H;/q2*-1;;;+4/p-2. The van der Waals surface area contributed by atoms with Gasteiger partial charge in [0.05, 0.1) is 0 Å². The maximum Gasteiger partial charge on any atom is -1.00 e. The van der Waals surface area contributed by atoms with Gasteiger partial charge in [0.25, 0.3) is 0 Å². The molecule has 0 aliphatic carbocycles. The zero-order valence-corrected chi connectivity index (χ0v) is 13.7. The summed E-state index contributed by atoms with van der Waals surface area (Å²) >= 11 is -1.12. The molecule has 0 rings (SSSR count). The number of hydrogen-bond donors (Lipinski definition) is 0. The molecule has 0 heterocycles. The Morgan fingerprint density at radius 3 is 1.38 bits per heavy atom. The summed E-state index contributed by atoms with van der Waals surface area (Å²) in [6.07, 6.45) is 0. The number of rotatable bonds is 6. The Kier molecular flexibility index (Phi) is 20.4. The SMILES string of the molecule is CC(C)C[O][Hf+2][O]CC(C)C.[Cl-].[Cl-]. The van der Waals surface area contributed by atoms with Crippen molar-refractivity contribution >= 4 is 0 Å². The van der Waals surface area contributed by atoms with E-state index in [-0.39, 0.29) is 24.8 Å². The summed E-state index contributed by atoms with van der Waals surface area (Å²) in [5.74, 6) is 1.29. The Hall–Kier alpha value is 1.37. The summed E-state index contributed by atoms with van der Waals surface area (Å²) in [6.45, 7) is 10.4. The molecule has 0 aliphatic rings. The molecule has 0 saturated heterocycles. The van der Waals surface area contributed by atoms with Gasteiger partial charge in [-0.15, -0.1) is 0 Å². The van der Waals surface area contributed by atoms with Crippen molar-refractivity contribution in [1.29, 1.82) is 0 Å². The van der Waals surface area contributed by atoms with Crippen molar-refractivity contribution in [1.82, 2.24) is 0 Å². The fourth-order valence-corrected chi connectivity index (χ4v) is 3.63. The molecule has 0 amide bonds. The minimum Gasteiger partial charge on any atom is -1.00 e. The van der Waals surface area contributed by atoms with E-state index < -0.39 is 23.8 Å². The second kappa shape index (κ2) is 13.4. The Morgan fingerprint density at radius 1 is 0.846 bits per heavy atom. The van der Waals surface area contributed by atoms with Gasteiger partial charge in [-0.2, -0.15) is 0 Å². The van der Waals surface area contributed by atoms with Crippen LogP contribution in [-0.4, -0.2) is 13.2 Å². The minimum absolute atomic E-state index is 0. The van der Waals surface area contributed by atoms with Crippen LogP contribution in [0.15, 0.2) is 0 Å². The van der Waals surface area contributed by atoms with Crippen LogP contribution in [-0.2, 0) is 29.5 Å². The van der Waals surface area contributed by atoms with Crippen LogP contribution >= 0.6 is 0 Å². The van der Waals surface area contributed by atoms with Gasteiger partial charge in [0.15, 0.2) is 0 Å². The van der Waals surface area contributed by atoms with Crippen LogP contribution in [0.1, 0.15) is 27.7 Å². The van der Waals surface area contributed by atoms with Crippen LogP contribution in [0, 0.1) is 11.8 Å². The first-order chi connectivity index (χ1) is 5.13. The van der Waals surface area contributed by atoms with E-state index in [2.05, 4.69) is 27.7 Å². The average Bonchev–Trinajstić information content (AvgIpc) is 1.85. The Balaban J connectivity index is -0.000000500. The molecule has 0 saturated carbocycles. The van der Waals surface area contributed by atoms with E-state index in [1.54, 1.807) is 0 Å². The van der Waals surface area contributed by atoms with Crippen molar-refractivity contribution in [3.8, 4) is 0 Å². The van der Waals surface area contributed by atoms with Gasteiger partial charge >= 0.3 is 82.2 Å². The molecule has 0 aromatic heterocycles. The van der Waals surface area contributed by atoms with Crippen LogP contribution < -0.4 is 24.8 Å². The van der Waals surface area contributed by atoms with Crippen molar-refractivity contribution < 1.29 is 54.3 Å².